The number of rotatable bonds is 6. The highest BCUT2D eigenvalue weighted by molar-refractivity contribution is 14.1. The molecule has 1 atom stereocenters. The average Bonchev–Trinajstić information content (AvgIpc) is 2.36. The van der Waals surface area contributed by atoms with Gasteiger partial charge in [0.25, 0.3) is 0 Å². The second-order valence-electron chi connectivity index (χ2n) is 5.66. The molecule has 18 heavy (non-hydrogen) atoms. The van der Waals surface area contributed by atoms with Gasteiger partial charge in [-0.2, -0.15) is 0 Å². The van der Waals surface area contributed by atoms with E-state index in [2.05, 4.69) is 79.5 Å². The van der Waals surface area contributed by atoms with E-state index in [9.17, 15) is 0 Å². The van der Waals surface area contributed by atoms with Crippen LogP contribution in [0.3, 0.4) is 0 Å². The topological polar surface area (TPSA) is 29.3 Å². The fourth-order valence-electron chi connectivity index (χ4n) is 2.09. The Bertz CT molecular complexity index is 359. The van der Waals surface area contributed by atoms with Crippen molar-refractivity contribution >= 4 is 22.6 Å². The standard InChI is InChI=1S/C15H25IN2/c1-5-18(11-15(3,4)10-17)12(2)13-6-8-14(16)9-7-13/h6-9,12H,5,10-11,17H2,1-4H3. The van der Waals surface area contributed by atoms with E-state index in [1.807, 2.05) is 0 Å². The molecule has 0 saturated carbocycles. The molecule has 1 rings (SSSR count). The van der Waals surface area contributed by atoms with Gasteiger partial charge in [-0.1, -0.05) is 32.9 Å². The second-order valence-corrected chi connectivity index (χ2v) is 6.90. The molecule has 1 unspecified atom stereocenters. The molecule has 0 aliphatic heterocycles. The Balaban J connectivity index is 2.79. The molecule has 0 bridgehead atoms. The zero-order valence-electron chi connectivity index (χ0n) is 11.9. The molecule has 102 valence electrons. The van der Waals surface area contributed by atoms with Gasteiger partial charge in [-0.05, 0) is 65.7 Å². The Morgan fingerprint density at radius 2 is 1.83 bits per heavy atom. The predicted molar refractivity (Wildman–Crippen MR) is 87.7 cm³/mol. The van der Waals surface area contributed by atoms with Crippen molar-refractivity contribution in [2.24, 2.45) is 11.1 Å². The first-order chi connectivity index (χ1) is 8.39. The van der Waals surface area contributed by atoms with Crippen molar-refractivity contribution in [1.82, 2.24) is 4.90 Å². The van der Waals surface area contributed by atoms with E-state index in [0.29, 0.717) is 6.04 Å². The van der Waals surface area contributed by atoms with Crippen LogP contribution in [0.15, 0.2) is 24.3 Å². The van der Waals surface area contributed by atoms with Gasteiger partial charge in [-0.25, -0.2) is 0 Å². The van der Waals surface area contributed by atoms with Crippen LogP contribution in [0.1, 0.15) is 39.3 Å². The molecule has 0 aliphatic rings. The van der Waals surface area contributed by atoms with Gasteiger partial charge in [0.15, 0.2) is 0 Å². The lowest BCUT2D eigenvalue weighted by Gasteiger charge is -2.35. The zero-order chi connectivity index (χ0) is 13.8. The van der Waals surface area contributed by atoms with E-state index in [1.165, 1.54) is 9.13 Å². The molecular formula is C15H25IN2. The summed E-state index contributed by atoms with van der Waals surface area (Å²) in [5, 5.41) is 0. The number of benzene rings is 1. The Morgan fingerprint density at radius 1 is 1.28 bits per heavy atom. The average molecular weight is 360 g/mol. The van der Waals surface area contributed by atoms with Crippen LogP contribution in [0.2, 0.25) is 0 Å². The molecule has 0 radical (unpaired) electrons. The fourth-order valence-corrected chi connectivity index (χ4v) is 2.45. The Labute approximate surface area is 125 Å². The second kappa shape index (κ2) is 6.87. The quantitative estimate of drug-likeness (QED) is 0.785. The monoisotopic (exact) mass is 360 g/mol. The molecule has 1 aromatic rings. The van der Waals surface area contributed by atoms with Crippen LogP contribution in [0.4, 0.5) is 0 Å². The number of hydrogen-bond acceptors (Lipinski definition) is 2. The van der Waals surface area contributed by atoms with Crippen LogP contribution in [-0.2, 0) is 0 Å². The smallest absolute Gasteiger partial charge is 0.0320 e. The number of nitrogens with two attached hydrogens (primary N) is 1. The maximum Gasteiger partial charge on any atom is 0.0320 e. The molecule has 0 aliphatic carbocycles. The summed E-state index contributed by atoms with van der Waals surface area (Å²) in [5.41, 5.74) is 7.39. The first-order valence-electron chi connectivity index (χ1n) is 6.59. The van der Waals surface area contributed by atoms with Crippen molar-refractivity contribution in [3.8, 4) is 0 Å². The van der Waals surface area contributed by atoms with Gasteiger partial charge in [0.2, 0.25) is 0 Å². The first-order valence-corrected chi connectivity index (χ1v) is 7.67. The van der Waals surface area contributed by atoms with Gasteiger partial charge >= 0.3 is 0 Å². The minimum Gasteiger partial charge on any atom is -0.330 e. The number of nitrogens with zero attached hydrogens (tertiary/aromatic N) is 1. The van der Waals surface area contributed by atoms with Crippen LogP contribution in [0.5, 0.6) is 0 Å². The highest BCUT2D eigenvalue weighted by Gasteiger charge is 2.23. The molecular weight excluding hydrogens is 335 g/mol. The Hall–Kier alpha value is -0.130. The van der Waals surface area contributed by atoms with Gasteiger partial charge in [0.1, 0.15) is 0 Å². The van der Waals surface area contributed by atoms with Crippen molar-refractivity contribution in [2.45, 2.75) is 33.7 Å². The van der Waals surface area contributed by atoms with Crippen LogP contribution in [-0.4, -0.2) is 24.5 Å². The molecule has 2 nitrogen and oxygen atoms in total. The van der Waals surface area contributed by atoms with Crippen LogP contribution >= 0.6 is 22.6 Å². The van der Waals surface area contributed by atoms with E-state index in [0.717, 1.165) is 19.6 Å². The van der Waals surface area contributed by atoms with E-state index >= 15 is 0 Å². The molecule has 1 aromatic carbocycles. The SMILES string of the molecule is CCN(CC(C)(C)CN)C(C)c1ccc(I)cc1. The lowest BCUT2D eigenvalue weighted by atomic mass is 9.92. The first kappa shape index (κ1) is 15.9. The highest BCUT2D eigenvalue weighted by Crippen LogP contribution is 2.25. The number of halogens is 1. The molecule has 0 saturated heterocycles. The molecule has 0 fully saturated rings. The third kappa shape index (κ3) is 4.52. The normalized spacial score (nSPS) is 13.9. The molecule has 0 aromatic heterocycles. The molecule has 0 heterocycles. The maximum atomic E-state index is 5.84. The largest absolute Gasteiger partial charge is 0.330 e. The van der Waals surface area contributed by atoms with Crippen LogP contribution in [0, 0.1) is 8.99 Å². The lowest BCUT2D eigenvalue weighted by Crippen LogP contribution is -2.39. The summed E-state index contributed by atoms with van der Waals surface area (Å²) in [6.07, 6.45) is 0. The lowest BCUT2D eigenvalue weighted by molar-refractivity contribution is 0.148. The summed E-state index contributed by atoms with van der Waals surface area (Å²) in [4.78, 5) is 2.50. The predicted octanol–water partition coefficient (Wildman–Crippen LogP) is 3.66. The van der Waals surface area contributed by atoms with Gasteiger partial charge < -0.3 is 5.73 Å². The minimum atomic E-state index is 0.174. The van der Waals surface area contributed by atoms with Crippen molar-refractivity contribution in [2.75, 3.05) is 19.6 Å². The van der Waals surface area contributed by atoms with Crippen molar-refractivity contribution in [3.63, 3.8) is 0 Å². The minimum absolute atomic E-state index is 0.174. The van der Waals surface area contributed by atoms with Crippen LogP contribution < -0.4 is 5.73 Å². The third-order valence-electron chi connectivity index (χ3n) is 3.49. The fraction of sp³-hybridized carbons (Fsp3) is 0.600. The van der Waals surface area contributed by atoms with E-state index in [1.54, 1.807) is 0 Å². The molecule has 0 spiro atoms. The van der Waals surface area contributed by atoms with Gasteiger partial charge in [0, 0.05) is 16.2 Å². The highest BCUT2D eigenvalue weighted by atomic mass is 127. The van der Waals surface area contributed by atoms with Gasteiger partial charge in [-0.15, -0.1) is 0 Å². The maximum absolute atomic E-state index is 5.84. The van der Waals surface area contributed by atoms with Crippen molar-refractivity contribution in [3.05, 3.63) is 33.4 Å². The Morgan fingerprint density at radius 3 is 2.28 bits per heavy atom. The summed E-state index contributed by atoms with van der Waals surface area (Å²) >= 11 is 2.34. The van der Waals surface area contributed by atoms with E-state index in [-0.39, 0.29) is 5.41 Å². The van der Waals surface area contributed by atoms with Gasteiger partial charge in [0.05, 0.1) is 0 Å². The number of hydrogen-bond donors (Lipinski definition) is 1. The summed E-state index contributed by atoms with van der Waals surface area (Å²) in [5.74, 6) is 0. The molecule has 3 heteroatoms. The van der Waals surface area contributed by atoms with Crippen LogP contribution in [0.25, 0.3) is 0 Å². The summed E-state index contributed by atoms with van der Waals surface area (Å²) < 4.78 is 1.29. The molecule has 0 amide bonds. The van der Waals surface area contributed by atoms with E-state index < -0.39 is 0 Å². The zero-order valence-corrected chi connectivity index (χ0v) is 14.1. The Kier molecular flexibility index (Phi) is 6.08. The van der Waals surface area contributed by atoms with E-state index in [4.69, 9.17) is 5.73 Å². The van der Waals surface area contributed by atoms with Crippen molar-refractivity contribution < 1.29 is 0 Å². The van der Waals surface area contributed by atoms with Gasteiger partial charge in [-0.3, -0.25) is 4.90 Å². The summed E-state index contributed by atoms with van der Waals surface area (Å²) in [6, 6.07) is 9.25. The summed E-state index contributed by atoms with van der Waals surface area (Å²) in [6.45, 7) is 11.8. The molecule has 2 N–H and O–H groups in total. The van der Waals surface area contributed by atoms with Crippen molar-refractivity contribution in [1.29, 1.82) is 0 Å². The summed E-state index contributed by atoms with van der Waals surface area (Å²) in [7, 11) is 0. The third-order valence-corrected chi connectivity index (χ3v) is 4.21.